The van der Waals surface area contributed by atoms with E-state index in [0.29, 0.717) is 52.4 Å². The Labute approximate surface area is 244 Å². The van der Waals surface area contributed by atoms with E-state index in [9.17, 15) is 17.6 Å². The van der Waals surface area contributed by atoms with Crippen LogP contribution in [0.15, 0.2) is 60.8 Å². The van der Waals surface area contributed by atoms with Gasteiger partial charge in [0.1, 0.15) is 23.7 Å². The lowest BCUT2D eigenvalue weighted by Gasteiger charge is -2.24. The van der Waals surface area contributed by atoms with Crippen molar-refractivity contribution in [1.29, 1.82) is 0 Å². The second-order valence-electron chi connectivity index (χ2n) is 11.1. The van der Waals surface area contributed by atoms with Gasteiger partial charge in [-0.2, -0.15) is 0 Å². The van der Waals surface area contributed by atoms with Crippen LogP contribution in [0.4, 0.5) is 10.1 Å². The Bertz CT molecular complexity index is 1770. The molecule has 1 saturated carbocycles. The van der Waals surface area contributed by atoms with Crippen LogP contribution in [-0.2, 0) is 29.6 Å². The van der Waals surface area contributed by atoms with Crippen molar-refractivity contribution in [3.05, 3.63) is 94.4 Å². The highest BCUT2D eigenvalue weighted by Crippen LogP contribution is 2.46. The van der Waals surface area contributed by atoms with Crippen LogP contribution in [0, 0.1) is 11.7 Å². The molecule has 0 N–H and O–H groups in total. The zero-order chi connectivity index (χ0) is 29.6. The minimum absolute atomic E-state index is 0.177. The summed E-state index contributed by atoms with van der Waals surface area (Å²) in [7, 11) is -0.579. The molecule has 1 aliphatic heterocycles. The molecule has 3 aromatic carbocycles. The number of nitrogens with zero attached hydrogens (tertiary/aromatic N) is 3. The summed E-state index contributed by atoms with van der Waals surface area (Å²) in [6.07, 6.45) is 5.47. The molecule has 0 spiro atoms. The summed E-state index contributed by atoms with van der Waals surface area (Å²) in [4.78, 5) is 20.4. The number of rotatable bonds is 10. The Kier molecular flexibility index (Phi) is 7.26. The molecule has 0 radical (unpaired) electrons. The molecular weight excluding hydrogens is 557 g/mol. The van der Waals surface area contributed by atoms with Crippen molar-refractivity contribution in [2.45, 2.75) is 32.4 Å². The highest BCUT2D eigenvalue weighted by atomic mass is 32.2. The maximum Gasteiger partial charge on any atom is 0.258 e. The number of anilines is 1. The van der Waals surface area contributed by atoms with Gasteiger partial charge in [-0.25, -0.2) is 12.8 Å². The van der Waals surface area contributed by atoms with Gasteiger partial charge in [0.25, 0.3) is 5.91 Å². The molecule has 0 atom stereocenters. The smallest absolute Gasteiger partial charge is 0.258 e. The minimum atomic E-state index is -3.68. The second-order valence-corrected chi connectivity index (χ2v) is 13.1. The quantitative estimate of drug-likeness (QED) is 0.249. The number of hydrogen-bond donors (Lipinski definition) is 0. The first-order valence-electron chi connectivity index (χ1n) is 13.8. The van der Waals surface area contributed by atoms with Crippen molar-refractivity contribution in [1.82, 2.24) is 9.88 Å². The largest absolute Gasteiger partial charge is 0.497 e. The van der Waals surface area contributed by atoms with Gasteiger partial charge >= 0.3 is 0 Å². The van der Waals surface area contributed by atoms with Crippen molar-refractivity contribution in [3.63, 3.8) is 0 Å². The number of pyridine rings is 1. The first-order chi connectivity index (χ1) is 20.1. The Morgan fingerprint density at radius 2 is 1.74 bits per heavy atom. The molecule has 42 heavy (non-hydrogen) atoms. The fourth-order valence-corrected chi connectivity index (χ4v) is 5.98. The fourth-order valence-electron chi connectivity index (χ4n) is 5.44. The van der Waals surface area contributed by atoms with Crippen LogP contribution in [0.2, 0.25) is 0 Å². The number of amides is 1. The third-order valence-corrected chi connectivity index (χ3v) is 9.11. The normalized spacial score (nSPS) is 14.8. The third kappa shape index (κ3) is 5.51. The minimum Gasteiger partial charge on any atom is -0.497 e. The lowest BCUT2D eigenvalue weighted by Crippen LogP contribution is -2.27. The van der Waals surface area contributed by atoms with Gasteiger partial charge in [0.05, 0.1) is 24.6 Å². The van der Waals surface area contributed by atoms with E-state index in [2.05, 4.69) is 0 Å². The fraction of sp³-hybridized carbons (Fsp3) is 0.312. The van der Waals surface area contributed by atoms with Crippen molar-refractivity contribution < 1.29 is 27.1 Å². The van der Waals surface area contributed by atoms with E-state index in [1.54, 1.807) is 30.3 Å². The lowest BCUT2D eigenvalue weighted by atomic mass is 9.98. The summed E-state index contributed by atoms with van der Waals surface area (Å²) in [5.74, 6) is 1.03. The molecule has 0 unspecified atom stereocenters. The molecule has 2 heterocycles. The van der Waals surface area contributed by atoms with Crippen LogP contribution in [0.25, 0.3) is 10.9 Å². The van der Waals surface area contributed by atoms with E-state index in [1.807, 2.05) is 30.3 Å². The Morgan fingerprint density at radius 3 is 2.38 bits per heavy atom. The number of carbonyl (C=O) groups excluding carboxylic acids is 1. The average Bonchev–Trinajstić information content (AvgIpc) is 3.74. The molecule has 2 aliphatic rings. The first-order valence-corrected chi connectivity index (χ1v) is 15.7. The van der Waals surface area contributed by atoms with Crippen LogP contribution in [0.1, 0.15) is 45.5 Å². The summed E-state index contributed by atoms with van der Waals surface area (Å²) in [6.45, 7) is 1.09. The molecular formula is C32H32FN3O5S. The van der Waals surface area contributed by atoms with Crippen LogP contribution in [0.3, 0.4) is 0 Å². The molecule has 218 valence electrons. The molecule has 8 nitrogen and oxygen atoms in total. The molecule has 0 saturated heterocycles. The Hall–Kier alpha value is -4.18. The number of aromatic nitrogens is 1. The molecule has 1 amide bonds. The van der Waals surface area contributed by atoms with Crippen molar-refractivity contribution in [2.75, 3.05) is 31.3 Å². The molecule has 6 rings (SSSR count). The zero-order valence-electron chi connectivity index (χ0n) is 23.8. The van der Waals surface area contributed by atoms with Gasteiger partial charge in [0.15, 0.2) is 5.75 Å². The molecule has 1 aromatic heterocycles. The van der Waals surface area contributed by atoms with Crippen molar-refractivity contribution >= 4 is 32.5 Å². The topological polar surface area (TPSA) is 89.0 Å². The monoisotopic (exact) mass is 589 g/mol. The molecule has 0 bridgehead atoms. The van der Waals surface area contributed by atoms with Gasteiger partial charge in [-0.3, -0.25) is 14.1 Å². The number of halogens is 1. The van der Waals surface area contributed by atoms with Crippen LogP contribution in [-0.4, -0.2) is 51.2 Å². The number of methoxy groups -OCH3 is 1. The van der Waals surface area contributed by atoms with E-state index in [4.69, 9.17) is 14.5 Å². The van der Waals surface area contributed by atoms with Crippen molar-refractivity contribution in [2.24, 2.45) is 5.92 Å². The molecule has 1 aliphatic carbocycles. The number of benzene rings is 3. The van der Waals surface area contributed by atoms with Crippen LogP contribution >= 0.6 is 0 Å². The van der Waals surface area contributed by atoms with E-state index >= 15 is 0 Å². The van der Waals surface area contributed by atoms with Gasteiger partial charge in [-0.05, 0) is 72.2 Å². The summed E-state index contributed by atoms with van der Waals surface area (Å²) < 4.78 is 52.2. The molecule has 1 fully saturated rings. The number of carbonyl (C=O) groups is 1. The average molecular weight is 590 g/mol. The van der Waals surface area contributed by atoms with E-state index < -0.39 is 10.0 Å². The number of ether oxygens (including phenoxy) is 2. The van der Waals surface area contributed by atoms with E-state index in [-0.39, 0.29) is 24.9 Å². The maximum atomic E-state index is 13.9. The summed E-state index contributed by atoms with van der Waals surface area (Å²) in [5, 5.41) is 0.576. The van der Waals surface area contributed by atoms with Crippen molar-refractivity contribution in [3.8, 4) is 11.5 Å². The Morgan fingerprint density at radius 1 is 1.05 bits per heavy atom. The number of hydrogen-bond acceptors (Lipinski definition) is 6. The van der Waals surface area contributed by atoms with Crippen LogP contribution in [0.5, 0.6) is 11.5 Å². The highest BCUT2D eigenvalue weighted by molar-refractivity contribution is 7.92. The predicted molar refractivity (Wildman–Crippen MR) is 159 cm³/mol. The third-order valence-electron chi connectivity index (χ3n) is 7.93. The molecule has 4 aromatic rings. The number of sulfonamides is 1. The van der Waals surface area contributed by atoms with E-state index in [0.717, 1.165) is 41.5 Å². The van der Waals surface area contributed by atoms with Crippen LogP contribution < -0.4 is 13.8 Å². The van der Waals surface area contributed by atoms with Gasteiger partial charge in [0.2, 0.25) is 10.0 Å². The number of fused-ring (bicyclic) bond motifs is 2. The predicted octanol–water partition coefficient (Wildman–Crippen LogP) is 5.31. The zero-order valence-corrected chi connectivity index (χ0v) is 24.6. The summed E-state index contributed by atoms with van der Waals surface area (Å²) >= 11 is 0. The maximum absolute atomic E-state index is 13.9. The summed E-state index contributed by atoms with van der Waals surface area (Å²) in [5.41, 5.74) is 4.41. The Balaban J connectivity index is 1.51. The van der Waals surface area contributed by atoms with Gasteiger partial charge < -0.3 is 14.4 Å². The standard InChI is InChI=1S/C32H32FN3O5S/c1-35(42(3,38)39)30-26-15-23(14-20-6-10-24(33)11-7-20)16-34-29(26)31(41-19-22-8-12-25(40-2)13-9-22)28-27(30)18-36(32(28)37)17-21-4-5-21/h6-13,15-16,21H,4-5,14,17-19H2,1-3H3. The first kappa shape index (κ1) is 28.0. The van der Waals surface area contributed by atoms with Gasteiger partial charge in [-0.1, -0.05) is 24.3 Å². The summed E-state index contributed by atoms with van der Waals surface area (Å²) in [6, 6.07) is 15.6. The SMILES string of the molecule is COc1ccc(COc2c3c(c(N(C)S(C)(=O)=O)c4cc(Cc5ccc(F)cc5)cnc24)CN(CC2CC2)C3=O)cc1. The highest BCUT2D eigenvalue weighted by Gasteiger charge is 2.39. The molecule has 10 heteroatoms. The van der Waals surface area contributed by atoms with E-state index in [1.165, 1.54) is 23.5 Å². The second kappa shape index (κ2) is 10.9. The van der Waals surface area contributed by atoms with Gasteiger partial charge in [0, 0.05) is 37.3 Å². The lowest BCUT2D eigenvalue weighted by molar-refractivity contribution is 0.0767. The van der Waals surface area contributed by atoms with Gasteiger partial charge in [-0.15, -0.1) is 0 Å².